The number of hydrogen-bond donors (Lipinski definition) is 0. The van der Waals surface area contributed by atoms with Crippen LogP contribution < -0.4 is 4.74 Å². The molecule has 7 nitrogen and oxygen atoms in total. The van der Waals surface area contributed by atoms with Crippen molar-refractivity contribution in [1.82, 2.24) is 25.0 Å². The number of aromatic nitrogens is 4. The minimum atomic E-state index is 0.342. The maximum atomic E-state index is 5.63. The smallest absolute Gasteiger partial charge is 0.321 e. The van der Waals surface area contributed by atoms with Crippen LogP contribution in [0.5, 0.6) is 11.8 Å². The van der Waals surface area contributed by atoms with Crippen molar-refractivity contribution in [2.24, 2.45) is 5.92 Å². The first kappa shape index (κ1) is 19.0. The first-order chi connectivity index (χ1) is 13.1. The molecule has 0 spiro atoms. The minimum Gasteiger partial charge on any atom is -0.424 e. The van der Waals surface area contributed by atoms with Crippen LogP contribution in [0.3, 0.4) is 0 Å². The van der Waals surface area contributed by atoms with Gasteiger partial charge in [-0.1, -0.05) is 38.1 Å². The Balaban J connectivity index is 1.57. The van der Waals surface area contributed by atoms with E-state index in [0.717, 1.165) is 25.3 Å². The van der Waals surface area contributed by atoms with Gasteiger partial charge in [-0.3, -0.25) is 4.90 Å². The molecule has 0 saturated carbocycles. The first-order valence-corrected chi connectivity index (χ1v) is 9.20. The summed E-state index contributed by atoms with van der Waals surface area (Å²) in [6, 6.07) is 10.0. The molecule has 0 amide bonds. The second kappa shape index (κ2) is 9.23. The zero-order valence-electron chi connectivity index (χ0n) is 16.0. The summed E-state index contributed by atoms with van der Waals surface area (Å²) >= 11 is 0. The van der Waals surface area contributed by atoms with Gasteiger partial charge < -0.3 is 9.26 Å². The molecule has 0 aliphatic carbocycles. The van der Waals surface area contributed by atoms with Crippen molar-refractivity contribution in [3.05, 3.63) is 60.0 Å². The van der Waals surface area contributed by atoms with E-state index in [4.69, 9.17) is 9.26 Å². The van der Waals surface area contributed by atoms with Crippen LogP contribution in [-0.2, 0) is 19.5 Å². The molecule has 2 aromatic heterocycles. The molecule has 142 valence electrons. The van der Waals surface area contributed by atoms with Gasteiger partial charge in [0, 0.05) is 25.4 Å². The summed E-state index contributed by atoms with van der Waals surface area (Å²) in [5.41, 5.74) is 1.18. The van der Waals surface area contributed by atoms with E-state index in [2.05, 4.69) is 45.8 Å². The average Bonchev–Trinajstić information content (AvgIpc) is 3.09. The Morgan fingerprint density at radius 2 is 1.81 bits per heavy atom. The van der Waals surface area contributed by atoms with Gasteiger partial charge in [-0.05, 0) is 36.2 Å². The lowest BCUT2D eigenvalue weighted by Gasteiger charge is -2.18. The van der Waals surface area contributed by atoms with Gasteiger partial charge in [0.05, 0.1) is 6.54 Å². The molecule has 3 rings (SSSR count). The second-order valence-electron chi connectivity index (χ2n) is 6.78. The van der Waals surface area contributed by atoms with Gasteiger partial charge in [0.1, 0.15) is 5.75 Å². The summed E-state index contributed by atoms with van der Waals surface area (Å²) in [4.78, 5) is 14.9. The lowest BCUT2D eigenvalue weighted by molar-refractivity contribution is 0.258. The average molecular weight is 367 g/mol. The molecule has 0 unspecified atom stereocenters. The highest BCUT2D eigenvalue weighted by Crippen LogP contribution is 2.19. The van der Waals surface area contributed by atoms with E-state index in [0.29, 0.717) is 30.1 Å². The normalized spacial score (nSPS) is 11.3. The fourth-order valence-corrected chi connectivity index (χ4v) is 2.63. The Morgan fingerprint density at radius 3 is 2.48 bits per heavy atom. The van der Waals surface area contributed by atoms with Gasteiger partial charge in [-0.25, -0.2) is 9.97 Å². The summed E-state index contributed by atoms with van der Waals surface area (Å²) in [6.07, 6.45) is 4.12. The summed E-state index contributed by atoms with van der Waals surface area (Å²) < 4.78 is 11.0. The third kappa shape index (κ3) is 5.86. The Kier molecular flexibility index (Phi) is 6.49. The molecule has 0 saturated heterocycles. The van der Waals surface area contributed by atoms with Crippen LogP contribution in [0.4, 0.5) is 0 Å². The Labute approximate surface area is 159 Å². The van der Waals surface area contributed by atoms with E-state index < -0.39 is 0 Å². The Bertz CT molecular complexity index is 818. The number of ether oxygens (including phenoxy) is 1. The largest absolute Gasteiger partial charge is 0.424 e. The second-order valence-corrected chi connectivity index (χ2v) is 6.78. The topological polar surface area (TPSA) is 77.2 Å². The summed E-state index contributed by atoms with van der Waals surface area (Å²) in [5, 5.41) is 4.10. The third-order valence-electron chi connectivity index (χ3n) is 3.99. The van der Waals surface area contributed by atoms with Crippen LogP contribution in [0.1, 0.15) is 38.0 Å². The van der Waals surface area contributed by atoms with Crippen molar-refractivity contribution in [2.75, 3.05) is 6.54 Å². The highest BCUT2D eigenvalue weighted by molar-refractivity contribution is 5.29. The van der Waals surface area contributed by atoms with Crippen LogP contribution in [0, 0.1) is 5.92 Å². The van der Waals surface area contributed by atoms with Crippen molar-refractivity contribution in [2.45, 2.75) is 40.3 Å². The zero-order chi connectivity index (χ0) is 19.1. The molecule has 27 heavy (non-hydrogen) atoms. The standard InChI is InChI=1S/C20H25N5O2/c1-4-25(14-18-23-19(27-24-18)12-15(2)3)13-16-6-8-17(9-7-16)26-20-21-10-5-11-22-20/h5-11,15H,4,12-14H2,1-3H3. The number of benzene rings is 1. The molecule has 0 aliphatic rings. The van der Waals surface area contributed by atoms with Gasteiger partial charge in [0.25, 0.3) is 0 Å². The van der Waals surface area contributed by atoms with E-state index in [-0.39, 0.29) is 0 Å². The molecular formula is C20H25N5O2. The number of nitrogens with zero attached hydrogens (tertiary/aromatic N) is 5. The Hall–Kier alpha value is -2.80. The van der Waals surface area contributed by atoms with Crippen LogP contribution in [0.25, 0.3) is 0 Å². The minimum absolute atomic E-state index is 0.342. The fourth-order valence-electron chi connectivity index (χ4n) is 2.63. The maximum Gasteiger partial charge on any atom is 0.321 e. The van der Waals surface area contributed by atoms with Crippen molar-refractivity contribution < 1.29 is 9.26 Å². The van der Waals surface area contributed by atoms with Crippen molar-refractivity contribution >= 4 is 0 Å². The molecule has 0 radical (unpaired) electrons. The van der Waals surface area contributed by atoms with Crippen molar-refractivity contribution in [3.8, 4) is 11.8 Å². The predicted octanol–water partition coefficient (Wildman–Crippen LogP) is 3.87. The van der Waals surface area contributed by atoms with E-state index in [1.165, 1.54) is 5.56 Å². The van der Waals surface area contributed by atoms with E-state index in [9.17, 15) is 0 Å². The molecule has 0 atom stereocenters. The molecule has 0 fully saturated rings. The maximum absolute atomic E-state index is 5.63. The van der Waals surface area contributed by atoms with Gasteiger partial charge in [0.2, 0.25) is 5.89 Å². The molecule has 3 aromatic rings. The van der Waals surface area contributed by atoms with E-state index >= 15 is 0 Å². The van der Waals surface area contributed by atoms with Crippen molar-refractivity contribution in [1.29, 1.82) is 0 Å². The third-order valence-corrected chi connectivity index (χ3v) is 3.99. The number of rotatable bonds is 9. The van der Waals surface area contributed by atoms with Crippen LogP contribution in [0.2, 0.25) is 0 Å². The lowest BCUT2D eigenvalue weighted by atomic mass is 10.1. The summed E-state index contributed by atoms with van der Waals surface area (Å²) in [5.74, 6) is 2.65. The summed E-state index contributed by atoms with van der Waals surface area (Å²) in [7, 11) is 0. The zero-order valence-corrected chi connectivity index (χ0v) is 16.0. The molecule has 0 N–H and O–H groups in total. The quantitative estimate of drug-likeness (QED) is 0.568. The van der Waals surface area contributed by atoms with Crippen molar-refractivity contribution in [3.63, 3.8) is 0 Å². The highest BCUT2D eigenvalue weighted by Gasteiger charge is 2.12. The SMILES string of the molecule is CCN(Cc1ccc(Oc2ncccn2)cc1)Cc1noc(CC(C)C)n1. The summed E-state index contributed by atoms with van der Waals surface area (Å²) in [6.45, 7) is 8.75. The lowest BCUT2D eigenvalue weighted by Crippen LogP contribution is -2.23. The van der Waals surface area contributed by atoms with Gasteiger partial charge in [0.15, 0.2) is 5.82 Å². The molecule has 1 aromatic carbocycles. The Morgan fingerprint density at radius 1 is 1.07 bits per heavy atom. The van der Waals surface area contributed by atoms with E-state index in [1.807, 2.05) is 24.3 Å². The fraction of sp³-hybridized carbons (Fsp3) is 0.400. The van der Waals surface area contributed by atoms with Crippen LogP contribution >= 0.6 is 0 Å². The highest BCUT2D eigenvalue weighted by atomic mass is 16.5. The molecule has 2 heterocycles. The van der Waals surface area contributed by atoms with E-state index in [1.54, 1.807) is 18.5 Å². The molecule has 7 heteroatoms. The number of hydrogen-bond acceptors (Lipinski definition) is 7. The van der Waals surface area contributed by atoms with Gasteiger partial charge >= 0.3 is 6.01 Å². The van der Waals surface area contributed by atoms with Gasteiger partial charge in [-0.2, -0.15) is 4.98 Å². The van der Waals surface area contributed by atoms with Crippen LogP contribution in [-0.4, -0.2) is 31.6 Å². The molecule has 0 bridgehead atoms. The first-order valence-electron chi connectivity index (χ1n) is 9.20. The molecule has 0 aliphatic heterocycles. The van der Waals surface area contributed by atoms with Gasteiger partial charge in [-0.15, -0.1) is 0 Å². The predicted molar refractivity (Wildman–Crippen MR) is 101 cm³/mol. The van der Waals surface area contributed by atoms with Crippen LogP contribution in [0.15, 0.2) is 47.2 Å². The monoisotopic (exact) mass is 367 g/mol. The molecular weight excluding hydrogens is 342 g/mol.